The molecule has 132 valence electrons. The Kier molecular flexibility index (Phi) is 5.34. The minimum atomic E-state index is -4.29. The predicted molar refractivity (Wildman–Crippen MR) is 90.1 cm³/mol. The van der Waals surface area contributed by atoms with Gasteiger partial charge in [0.25, 0.3) is 11.6 Å². The molecule has 0 fully saturated rings. The first kappa shape index (κ1) is 18.6. The molecule has 0 bridgehead atoms. The van der Waals surface area contributed by atoms with Crippen LogP contribution in [0.1, 0.15) is 5.56 Å². The summed E-state index contributed by atoms with van der Waals surface area (Å²) in [7, 11) is -4.29. The topological polar surface area (TPSA) is 153 Å². The third-order valence-electron chi connectivity index (χ3n) is 3.14. The minimum absolute atomic E-state index is 0.139. The third-order valence-corrected chi connectivity index (χ3v) is 4.39. The van der Waals surface area contributed by atoms with Gasteiger partial charge in [-0.3, -0.25) is 14.9 Å². The minimum Gasteiger partial charge on any atom is -0.378 e. The van der Waals surface area contributed by atoms with Gasteiger partial charge < -0.3 is 9.92 Å². The van der Waals surface area contributed by atoms with Gasteiger partial charge in [-0.2, -0.15) is 13.7 Å². The number of amides is 1. The number of hydrogen-bond donors (Lipinski definition) is 1. The smallest absolute Gasteiger partial charge is 0.339 e. The van der Waals surface area contributed by atoms with Gasteiger partial charge in [0.1, 0.15) is 22.3 Å². The van der Waals surface area contributed by atoms with Crippen molar-refractivity contribution in [3.8, 4) is 11.8 Å². The zero-order valence-electron chi connectivity index (χ0n) is 13.0. The second kappa shape index (κ2) is 7.45. The van der Waals surface area contributed by atoms with E-state index in [1.165, 1.54) is 18.2 Å². The molecule has 0 aliphatic carbocycles. The molecule has 2 rings (SSSR count). The number of nitro benzene ring substituents is 1. The maximum Gasteiger partial charge on any atom is 0.339 e. The van der Waals surface area contributed by atoms with Crippen molar-refractivity contribution in [3.63, 3.8) is 0 Å². The lowest BCUT2D eigenvalue weighted by molar-refractivity contribution is -0.384. The molecule has 9 nitrogen and oxygen atoms in total. The molecule has 0 heterocycles. The number of nitro groups is 1. The largest absolute Gasteiger partial charge is 0.378 e. The average molecular weight is 373 g/mol. The lowest BCUT2D eigenvalue weighted by Gasteiger charge is -2.09. The number of non-ortho nitro benzene ring substituents is 1. The molecular formula is C16H11N3O6S. The maximum absolute atomic E-state index is 12.4. The first-order chi connectivity index (χ1) is 12.2. The number of primary amides is 1. The average Bonchev–Trinajstić information content (AvgIpc) is 2.60. The summed E-state index contributed by atoms with van der Waals surface area (Å²) in [6.07, 6.45) is 1.10. The molecule has 0 aromatic heterocycles. The lowest BCUT2D eigenvalue weighted by Crippen LogP contribution is -2.13. The first-order valence-corrected chi connectivity index (χ1v) is 8.35. The molecule has 26 heavy (non-hydrogen) atoms. The maximum atomic E-state index is 12.4. The number of nitriles is 1. The fourth-order valence-corrected chi connectivity index (χ4v) is 2.84. The van der Waals surface area contributed by atoms with Gasteiger partial charge in [0, 0.05) is 17.7 Å². The molecule has 0 saturated heterocycles. The number of hydrogen-bond acceptors (Lipinski definition) is 7. The predicted octanol–water partition coefficient (Wildman–Crippen LogP) is 1.75. The zero-order chi connectivity index (χ0) is 19.3. The Balaban J connectivity index is 2.40. The van der Waals surface area contributed by atoms with E-state index in [4.69, 9.17) is 15.2 Å². The summed E-state index contributed by atoms with van der Waals surface area (Å²) in [6.45, 7) is 0. The molecule has 0 atom stereocenters. The van der Waals surface area contributed by atoms with Crippen LogP contribution in [0.3, 0.4) is 0 Å². The normalized spacial score (nSPS) is 11.4. The van der Waals surface area contributed by atoms with Crippen molar-refractivity contribution in [2.24, 2.45) is 5.73 Å². The highest BCUT2D eigenvalue weighted by Crippen LogP contribution is 2.26. The van der Waals surface area contributed by atoms with Crippen LogP contribution in [0.25, 0.3) is 6.08 Å². The highest BCUT2D eigenvalue weighted by Gasteiger charge is 2.19. The van der Waals surface area contributed by atoms with Gasteiger partial charge >= 0.3 is 10.1 Å². The van der Waals surface area contributed by atoms with Crippen LogP contribution in [0.2, 0.25) is 0 Å². The molecule has 2 N–H and O–H groups in total. The number of rotatable bonds is 6. The number of para-hydroxylation sites is 1. The van der Waals surface area contributed by atoms with Crippen LogP contribution in [0.5, 0.6) is 5.75 Å². The molecule has 0 spiro atoms. The van der Waals surface area contributed by atoms with Crippen LogP contribution >= 0.6 is 0 Å². The molecule has 0 saturated carbocycles. The Labute approximate surface area is 148 Å². The van der Waals surface area contributed by atoms with Crippen molar-refractivity contribution >= 4 is 27.8 Å². The van der Waals surface area contributed by atoms with Crippen molar-refractivity contribution in [2.75, 3.05) is 0 Å². The Morgan fingerprint density at radius 1 is 1.19 bits per heavy atom. The Hall–Kier alpha value is -3.71. The van der Waals surface area contributed by atoms with E-state index in [9.17, 15) is 23.3 Å². The highest BCUT2D eigenvalue weighted by atomic mass is 32.2. The van der Waals surface area contributed by atoms with Crippen LogP contribution in [-0.2, 0) is 14.9 Å². The summed E-state index contributed by atoms with van der Waals surface area (Å²) >= 11 is 0. The SMILES string of the molecule is N#C/C(=C\c1ccccc1OS(=O)(=O)c1ccc([N+](=O)[O-])cc1)C(N)=O. The third kappa shape index (κ3) is 4.22. The van der Waals surface area contributed by atoms with Gasteiger partial charge in [-0.15, -0.1) is 0 Å². The summed E-state index contributed by atoms with van der Waals surface area (Å²) in [5, 5.41) is 19.5. The molecule has 10 heteroatoms. The standard InChI is InChI=1S/C16H11N3O6S/c17-10-12(16(18)20)9-11-3-1-2-4-15(11)25-26(23,24)14-7-5-13(6-8-14)19(21)22/h1-9H,(H2,18,20)/b12-9+. The van der Waals surface area contributed by atoms with Crippen LogP contribution in [0.4, 0.5) is 5.69 Å². The number of carbonyl (C=O) groups is 1. The van der Waals surface area contributed by atoms with E-state index in [2.05, 4.69) is 0 Å². The molecule has 0 radical (unpaired) electrons. The number of nitrogens with zero attached hydrogens (tertiary/aromatic N) is 2. The van der Waals surface area contributed by atoms with Crippen LogP contribution in [-0.4, -0.2) is 19.2 Å². The van der Waals surface area contributed by atoms with E-state index < -0.39 is 20.9 Å². The van der Waals surface area contributed by atoms with E-state index in [1.54, 1.807) is 12.1 Å². The van der Waals surface area contributed by atoms with E-state index in [1.807, 2.05) is 0 Å². The second-order valence-corrected chi connectivity index (χ2v) is 6.41. The molecule has 0 aliphatic heterocycles. The second-order valence-electron chi connectivity index (χ2n) is 4.86. The molecule has 2 aromatic rings. The Morgan fingerprint density at radius 2 is 1.81 bits per heavy atom. The van der Waals surface area contributed by atoms with Crippen molar-refractivity contribution in [1.29, 1.82) is 5.26 Å². The zero-order valence-corrected chi connectivity index (χ0v) is 13.8. The summed E-state index contributed by atoms with van der Waals surface area (Å²) in [4.78, 5) is 20.8. The first-order valence-electron chi connectivity index (χ1n) is 6.94. The van der Waals surface area contributed by atoms with E-state index >= 15 is 0 Å². The van der Waals surface area contributed by atoms with Crippen LogP contribution < -0.4 is 9.92 Å². The Morgan fingerprint density at radius 3 is 2.35 bits per heavy atom. The fraction of sp³-hybridized carbons (Fsp3) is 0. The molecule has 0 unspecified atom stereocenters. The molecule has 2 aromatic carbocycles. The van der Waals surface area contributed by atoms with Crippen molar-refractivity contribution in [1.82, 2.24) is 0 Å². The molecule has 1 amide bonds. The van der Waals surface area contributed by atoms with Gasteiger partial charge in [0.15, 0.2) is 0 Å². The summed E-state index contributed by atoms with van der Waals surface area (Å²) < 4.78 is 29.8. The van der Waals surface area contributed by atoms with E-state index in [0.29, 0.717) is 0 Å². The van der Waals surface area contributed by atoms with Gasteiger partial charge in [-0.05, 0) is 24.3 Å². The number of carbonyl (C=O) groups excluding carboxylic acids is 1. The molecular weight excluding hydrogens is 362 g/mol. The van der Waals surface area contributed by atoms with E-state index in [0.717, 1.165) is 30.3 Å². The molecule has 0 aliphatic rings. The van der Waals surface area contributed by atoms with Crippen molar-refractivity contribution < 1.29 is 22.3 Å². The highest BCUT2D eigenvalue weighted by molar-refractivity contribution is 7.87. The van der Waals surface area contributed by atoms with Crippen LogP contribution in [0.15, 0.2) is 59.0 Å². The van der Waals surface area contributed by atoms with Crippen molar-refractivity contribution in [3.05, 3.63) is 69.8 Å². The number of nitrogens with two attached hydrogens (primary N) is 1. The van der Waals surface area contributed by atoms with Gasteiger partial charge in [0.05, 0.1) is 4.92 Å². The summed E-state index contributed by atoms with van der Waals surface area (Å²) in [6, 6.07) is 11.5. The lowest BCUT2D eigenvalue weighted by atomic mass is 10.1. The van der Waals surface area contributed by atoms with Crippen LogP contribution in [0, 0.1) is 21.4 Å². The monoisotopic (exact) mass is 373 g/mol. The summed E-state index contributed by atoms with van der Waals surface area (Å²) in [5.74, 6) is -1.11. The Bertz CT molecular complexity index is 1040. The van der Waals surface area contributed by atoms with Gasteiger partial charge in [0.2, 0.25) is 0 Å². The fourth-order valence-electron chi connectivity index (χ4n) is 1.89. The quantitative estimate of drug-likeness (QED) is 0.266. The summed E-state index contributed by atoms with van der Waals surface area (Å²) in [5.41, 5.74) is 4.55. The van der Waals surface area contributed by atoms with Gasteiger partial charge in [-0.25, -0.2) is 0 Å². The van der Waals surface area contributed by atoms with Crippen molar-refractivity contribution in [2.45, 2.75) is 4.90 Å². The van der Waals surface area contributed by atoms with Gasteiger partial charge in [-0.1, -0.05) is 18.2 Å². The van der Waals surface area contributed by atoms with E-state index in [-0.39, 0.29) is 27.5 Å². The number of benzene rings is 2.